The van der Waals surface area contributed by atoms with E-state index in [0.29, 0.717) is 13.1 Å². The van der Waals surface area contributed by atoms with Gasteiger partial charge in [0, 0.05) is 13.1 Å². The van der Waals surface area contributed by atoms with Crippen LogP contribution >= 0.6 is 23.2 Å². The number of hydrogen-bond donors (Lipinski definition) is 0. The normalized spacial score (nSPS) is 20.4. The minimum Gasteiger partial charge on any atom is -0.207 e. The summed E-state index contributed by atoms with van der Waals surface area (Å²) in [5.41, 5.74) is -0.00360. The highest BCUT2D eigenvalue weighted by Gasteiger charge is 2.35. The van der Waals surface area contributed by atoms with Crippen LogP contribution < -0.4 is 0 Å². The number of benzene rings is 1. The summed E-state index contributed by atoms with van der Waals surface area (Å²) in [7, 11) is -3.57. The largest absolute Gasteiger partial charge is 0.244 e. The molecule has 0 aliphatic carbocycles. The molecule has 0 unspecified atom stereocenters. The molecule has 1 aromatic rings. The van der Waals surface area contributed by atoms with E-state index in [4.69, 9.17) is 23.2 Å². The van der Waals surface area contributed by atoms with Gasteiger partial charge in [-0.3, -0.25) is 0 Å². The second-order valence-electron chi connectivity index (χ2n) is 5.66. The molecule has 0 radical (unpaired) electrons. The molecule has 0 spiro atoms. The van der Waals surface area contributed by atoms with Crippen molar-refractivity contribution in [3.05, 3.63) is 28.2 Å². The summed E-state index contributed by atoms with van der Waals surface area (Å²) >= 11 is 11.9. The molecule has 19 heavy (non-hydrogen) atoms. The Bertz CT molecular complexity index is 584. The third-order valence-electron chi connectivity index (χ3n) is 3.40. The molecule has 1 fully saturated rings. The first-order valence-corrected chi connectivity index (χ1v) is 8.38. The molecule has 3 nitrogen and oxygen atoms in total. The van der Waals surface area contributed by atoms with Gasteiger partial charge in [0.25, 0.3) is 0 Å². The Hall–Kier alpha value is -0.290. The van der Waals surface area contributed by atoms with Gasteiger partial charge in [-0.15, -0.1) is 0 Å². The summed E-state index contributed by atoms with van der Waals surface area (Å²) in [4.78, 5) is 0.0966. The van der Waals surface area contributed by atoms with Gasteiger partial charge in [0.2, 0.25) is 10.0 Å². The van der Waals surface area contributed by atoms with Crippen LogP contribution in [0.4, 0.5) is 0 Å². The molecule has 6 heteroatoms. The van der Waals surface area contributed by atoms with Crippen molar-refractivity contribution in [2.24, 2.45) is 5.41 Å². The van der Waals surface area contributed by atoms with Crippen molar-refractivity contribution in [2.75, 3.05) is 13.1 Å². The van der Waals surface area contributed by atoms with Gasteiger partial charge in [0.05, 0.1) is 10.0 Å². The van der Waals surface area contributed by atoms with Gasteiger partial charge in [-0.25, -0.2) is 8.42 Å². The van der Waals surface area contributed by atoms with E-state index < -0.39 is 10.0 Å². The molecule has 1 saturated heterocycles. The van der Waals surface area contributed by atoms with Crippen molar-refractivity contribution in [1.29, 1.82) is 0 Å². The van der Waals surface area contributed by atoms with Crippen LogP contribution in [0.3, 0.4) is 0 Å². The summed E-state index contributed by atoms with van der Waals surface area (Å²) < 4.78 is 26.8. The van der Waals surface area contributed by atoms with E-state index in [1.165, 1.54) is 10.4 Å². The number of piperidine rings is 1. The maximum Gasteiger partial charge on any atom is 0.244 e. The van der Waals surface area contributed by atoms with Gasteiger partial charge in [-0.2, -0.15) is 4.31 Å². The zero-order chi connectivity index (χ0) is 14.3. The molecule has 1 heterocycles. The Balaban J connectivity index is 2.40. The van der Waals surface area contributed by atoms with Gasteiger partial charge in [0.1, 0.15) is 4.90 Å². The number of rotatable bonds is 2. The molecule has 0 aromatic heterocycles. The Morgan fingerprint density at radius 2 is 1.95 bits per heavy atom. The molecule has 2 rings (SSSR count). The first-order valence-electron chi connectivity index (χ1n) is 6.18. The average Bonchev–Trinajstić information content (AvgIpc) is 2.31. The molecule has 0 amide bonds. The van der Waals surface area contributed by atoms with Crippen LogP contribution in [0.1, 0.15) is 26.7 Å². The van der Waals surface area contributed by atoms with Crippen LogP contribution in [0, 0.1) is 5.41 Å². The van der Waals surface area contributed by atoms with Crippen molar-refractivity contribution in [2.45, 2.75) is 31.6 Å². The number of nitrogens with zero attached hydrogens (tertiary/aromatic N) is 1. The van der Waals surface area contributed by atoms with E-state index in [2.05, 4.69) is 13.8 Å². The number of hydrogen-bond acceptors (Lipinski definition) is 2. The molecule has 1 aromatic carbocycles. The quantitative estimate of drug-likeness (QED) is 0.830. The van der Waals surface area contributed by atoms with Crippen LogP contribution in [-0.4, -0.2) is 25.8 Å². The highest BCUT2D eigenvalue weighted by atomic mass is 35.5. The number of halogens is 2. The van der Waals surface area contributed by atoms with Crippen LogP contribution in [0.5, 0.6) is 0 Å². The Morgan fingerprint density at radius 3 is 2.58 bits per heavy atom. The lowest BCUT2D eigenvalue weighted by molar-refractivity contribution is 0.187. The first-order chi connectivity index (χ1) is 8.74. The fraction of sp³-hybridized carbons (Fsp3) is 0.538. The maximum atomic E-state index is 12.6. The maximum absolute atomic E-state index is 12.6. The first kappa shape index (κ1) is 15.1. The molecular formula is C13H17Cl2NO2S. The van der Waals surface area contributed by atoms with Crippen molar-refractivity contribution < 1.29 is 8.42 Å². The van der Waals surface area contributed by atoms with Gasteiger partial charge in [-0.1, -0.05) is 43.1 Å². The zero-order valence-corrected chi connectivity index (χ0v) is 13.3. The van der Waals surface area contributed by atoms with Crippen molar-refractivity contribution >= 4 is 33.2 Å². The van der Waals surface area contributed by atoms with Crippen LogP contribution in [0.25, 0.3) is 0 Å². The van der Waals surface area contributed by atoms with Gasteiger partial charge < -0.3 is 0 Å². The minimum absolute atomic E-state index is 0.00360. The van der Waals surface area contributed by atoms with Crippen molar-refractivity contribution in [3.8, 4) is 0 Å². The van der Waals surface area contributed by atoms with Crippen molar-refractivity contribution in [1.82, 2.24) is 4.31 Å². The second-order valence-corrected chi connectivity index (χ2v) is 8.35. The SMILES string of the molecule is CC1(C)CCCN(S(=O)(=O)c2cccc(Cl)c2Cl)C1. The average molecular weight is 322 g/mol. The lowest BCUT2D eigenvalue weighted by atomic mass is 9.85. The van der Waals surface area contributed by atoms with E-state index in [1.807, 2.05) is 0 Å². The molecule has 106 valence electrons. The van der Waals surface area contributed by atoms with Gasteiger partial charge in [-0.05, 0) is 30.4 Å². The zero-order valence-electron chi connectivity index (χ0n) is 11.0. The molecule has 1 aliphatic heterocycles. The number of sulfonamides is 1. The van der Waals surface area contributed by atoms with Crippen molar-refractivity contribution in [3.63, 3.8) is 0 Å². The molecule has 0 saturated carbocycles. The van der Waals surface area contributed by atoms with Crippen LogP contribution in [0.2, 0.25) is 10.0 Å². The standard InChI is InChI=1S/C13H17Cl2NO2S/c1-13(2)7-4-8-16(9-13)19(17,18)11-6-3-5-10(14)12(11)15/h3,5-6H,4,7-9H2,1-2H3. The topological polar surface area (TPSA) is 37.4 Å². The third kappa shape index (κ3) is 3.07. The van der Waals surface area contributed by atoms with E-state index in [0.717, 1.165) is 12.8 Å². The van der Waals surface area contributed by atoms with E-state index in [-0.39, 0.29) is 20.4 Å². The minimum atomic E-state index is -3.57. The van der Waals surface area contributed by atoms with Crippen LogP contribution in [-0.2, 0) is 10.0 Å². The predicted molar refractivity (Wildman–Crippen MR) is 78.2 cm³/mol. The molecule has 0 N–H and O–H groups in total. The predicted octanol–water partition coefficient (Wildman–Crippen LogP) is 3.80. The monoisotopic (exact) mass is 321 g/mol. The summed E-state index contributed by atoms with van der Waals surface area (Å²) in [5.74, 6) is 0. The Labute approximate surface area is 124 Å². The summed E-state index contributed by atoms with van der Waals surface area (Å²) in [6.45, 7) is 5.20. The summed E-state index contributed by atoms with van der Waals surface area (Å²) in [6, 6.07) is 4.70. The fourth-order valence-electron chi connectivity index (χ4n) is 2.40. The lowest BCUT2D eigenvalue weighted by Gasteiger charge is -2.37. The van der Waals surface area contributed by atoms with E-state index >= 15 is 0 Å². The van der Waals surface area contributed by atoms with E-state index in [1.54, 1.807) is 12.1 Å². The van der Waals surface area contributed by atoms with Crippen LogP contribution in [0.15, 0.2) is 23.1 Å². The second kappa shape index (κ2) is 5.24. The molecular weight excluding hydrogens is 305 g/mol. The highest BCUT2D eigenvalue weighted by molar-refractivity contribution is 7.89. The van der Waals surface area contributed by atoms with Gasteiger partial charge in [0.15, 0.2) is 0 Å². The molecule has 0 bridgehead atoms. The highest BCUT2D eigenvalue weighted by Crippen LogP contribution is 2.35. The summed E-state index contributed by atoms with van der Waals surface area (Å²) in [5, 5.41) is 0.367. The summed E-state index contributed by atoms with van der Waals surface area (Å²) in [6.07, 6.45) is 1.90. The third-order valence-corrected chi connectivity index (χ3v) is 6.22. The smallest absolute Gasteiger partial charge is 0.207 e. The fourth-order valence-corrected chi connectivity index (χ4v) is 4.80. The lowest BCUT2D eigenvalue weighted by Crippen LogP contribution is -2.43. The Kier molecular flexibility index (Phi) is 4.17. The Morgan fingerprint density at radius 1 is 1.26 bits per heavy atom. The molecule has 0 atom stereocenters. The molecule has 1 aliphatic rings. The van der Waals surface area contributed by atoms with Gasteiger partial charge >= 0.3 is 0 Å². The van der Waals surface area contributed by atoms with E-state index in [9.17, 15) is 8.42 Å².